The van der Waals surface area contributed by atoms with Crippen LogP contribution in [-0.2, 0) is 0 Å². The van der Waals surface area contributed by atoms with Crippen LogP contribution in [-0.4, -0.2) is 19.9 Å². The third-order valence-electron chi connectivity index (χ3n) is 5.92. The topological polar surface area (TPSA) is 74.4 Å². The molecule has 0 fully saturated rings. The highest BCUT2D eigenvalue weighted by molar-refractivity contribution is 6.33. The Morgan fingerprint density at radius 3 is 2.61 bits per heavy atom. The minimum atomic E-state index is -0.470. The number of aromatic nitrogens is 4. The molecule has 3 aromatic heterocycles. The summed E-state index contributed by atoms with van der Waals surface area (Å²) in [6.45, 7) is 1.94. The van der Waals surface area contributed by atoms with Crippen LogP contribution in [0.3, 0.4) is 0 Å². The lowest BCUT2D eigenvalue weighted by atomic mass is 9.97. The van der Waals surface area contributed by atoms with E-state index in [1.807, 2.05) is 49.5 Å². The summed E-state index contributed by atoms with van der Waals surface area (Å²) in [4.78, 5) is 28.0. The third kappa shape index (κ3) is 3.02. The molecule has 2 N–H and O–H groups in total. The number of hydrogen-bond acceptors (Lipinski definition) is 3. The molecule has 0 aliphatic rings. The van der Waals surface area contributed by atoms with Gasteiger partial charge in [-0.15, -0.1) is 0 Å². The molecule has 6 rings (SSSR count). The van der Waals surface area contributed by atoms with Crippen LogP contribution in [0.25, 0.3) is 55.1 Å². The number of aryl methyl sites for hydroxylation is 1. The van der Waals surface area contributed by atoms with Gasteiger partial charge in [-0.05, 0) is 48.2 Å². The zero-order chi connectivity index (χ0) is 22.7. The van der Waals surface area contributed by atoms with E-state index in [-0.39, 0.29) is 16.1 Å². The van der Waals surface area contributed by atoms with E-state index in [1.165, 1.54) is 6.07 Å². The van der Waals surface area contributed by atoms with Crippen LogP contribution in [0.2, 0.25) is 5.02 Å². The van der Waals surface area contributed by atoms with E-state index >= 15 is 0 Å². The first-order valence-electron chi connectivity index (χ1n) is 10.4. The second-order valence-corrected chi connectivity index (χ2v) is 8.36. The molecule has 0 saturated heterocycles. The van der Waals surface area contributed by atoms with Crippen LogP contribution < -0.4 is 5.56 Å². The fourth-order valence-electron chi connectivity index (χ4n) is 4.34. The maximum atomic E-state index is 14.6. The number of aromatic amines is 2. The Bertz CT molecular complexity index is 1750. The van der Waals surface area contributed by atoms with Gasteiger partial charge in [-0.2, -0.15) is 0 Å². The van der Waals surface area contributed by atoms with Crippen molar-refractivity contribution in [3.63, 3.8) is 0 Å². The third-order valence-corrected chi connectivity index (χ3v) is 6.24. The van der Waals surface area contributed by atoms with Gasteiger partial charge in [-0.3, -0.25) is 9.78 Å². The zero-order valence-electron chi connectivity index (χ0n) is 17.4. The van der Waals surface area contributed by atoms with Gasteiger partial charge in [0.25, 0.3) is 5.56 Å². The lowest BCUT2D eigenvalue weighted by Crippen LogP contribution is -2.05. The summed E-state index contributed by atoms with van der Waals surface area (Å²) in [6.07, 6.45) is 3.41. The maximum Gasteiger partial charge on any atom is 0.256 e. The van der Waals surface area contributed by atoms with Crippen LogP contribution in [0.15, 0.2) is 71.8 Å². The average Bonchev–Trinajstić information content (AvgIpc) is 3.24. The molecular formula is C26H16ClFN4O. The van der Waals surface area contributed by atoms with Gasteiger partial charge in [0.1, 0.15) is 11.6 Å². The first-order valence-corrected chi connectivity index (χ1v) is 10.7. The second-order valence-electron chi connectivity index (χ2n) is 7.95. The van der Waals surface area contributed by atoms with Crippen LogP contribution in [0.5, 0.6) is 0 Å². The standard InChI is InChI=1S/C26H16ClFN4O/c1-13-5-6-15(12-30-13)14-7-8-16-18(11-14)21-17(9-10-29-26(21)33)24-23(16)31-25(32-24)22-19(27)3-2-4-20(22)28/h2-12H,1H3,(H,29,33)(H,31,32). The number of H-pyrrole nitrogens is 2. The summed E-state index contributed by atoms with van der Waals surface area (Å²) < 4.78 is 14.6. The van der Waals surface area contributed by atoms with Crippen molar-refractivity contribution in [1.29, 1.82) is 0 Å². The number of hydrogen-bond donors (Lipinski definition) is 2. The quantitative estimate of drug-likeness (QED) is 0.298. The average molecular weight is 455 g/mol. The van der Waals surface area contributed by atoms with Crippen molar-refractivity contribution in [3.05, 3.63) is 93.9 Å². The van der Waals surface area contributed by atoms with Gasteiger partial charge >= 0.3 is 0 Å². The fraction of sp³-hybridized carbons (Fsp3) is 0.0385. The number of nitrogens with zero attached hydrogens (tertiary/aromatic N) is 2. The van der Waals surface area contributed by atoms with E-state index in [9.17, 15) is 9.18 Å². The van der Waals surface area contributed by atoms with E-state index in [4.69, 9.17) is 11.6 Å². The van der Waals surface area contributed by atoms with Crippen LogP contribution in [0.1, 0.15) is 5.69 Å². The first kappa shape index (κ1) is 19.6. The summed E-state index contributed by atoms with van der Waals surface area (Å²) >= 11 is 6.29. The largest absolute Gasteiger partial charge is 0.337 e. The van der Waals surface area contributed by atoms with Crippen molar-refractivity contribution < 1.29 is 4.39 Å². The van der Waals surface area contributed by atoms with Crippen LogP contribution in [0.4, 0.5) is 4.39 Å². The molecule has 0 unspecified atom stereocenters. The number of pyridine rings is 2. The van der Waals surface area contributed by atoms with Gasteiger partial charge in [0.15, 0.2) is 0 Å². The Hall–Kier alpha value is -4.03. The molecule has 0 saturated carbocycles. The zero-order valence-corrected chi connectivity index (χ0v) is 18.2. The lowest BCUT2D eigenvalue weighted by molar-refractivity contribution is 0.630. The molecule has 0 spiro atoms. The normalized spacial score (nSPS) is 11.6. The Labute approximate surface area is 191 Å². The molecule has 0 aliphatic carbocycles. The van der Waals surface area contributed by atoms with E-state index in [0.29, 0.717) is 27.6 Å². The summed E-state index contributed by atoms with van der Waals surface area (Å²) in [5, 5.41) is 3.04. The van der Waals surface area contributed by atoms with Crippen molar-refractivity contribution in [2.45, 2.75) is 6.92 Å². The van der Waals surface area contributed by atoms with Crippen molar-refractivity contribution >= 4 is 44.2 Å². The van der Waals surface area contributed by atoms with E-state index in [2.05, 4.69) is 19.9 Å². The molecule has 6 aromatic rings. The van der Waals surface area contributed by atoms with Gasteiger partial charge < -0.3 is 9.97 Å². The molecule has 0 bridgehead atoms. The molecule has 0 atom stereocenters. The summed E-state index contributed by atoms with van der Waals surface area (Å²) in [7, 11) is 0. The monoisotopic (exact) mass is 454 g/mol. The Kier molecular flexibility index (Phi) is 4.32. The van der Waals surface area contributed by atoms with Crippen LogP contribution in [0, 0.1) is 12.7 Å². The molecule has 0 amide bonds. The maximum absolute atomic E-state index is 14.6. The Morgan fingerprint density at radius 2 is 1.82 bits per heavy atom. The smallest absolute Gasteiger partial charge is 0.256 e. The molecule has 3 aromatic carbocycles. The van der Waals surface area contributed by atoms with Crippen molar-refractivity contribution in [1.82, 2.24) is 19.9 Å². The highest BCUT2D eigenvalue weighted by Gasteiger charge is 2.19. The van der Waals surface area contributed by atoms with Crippen molar-refractivity contribution in [2.24, 2.45) is 0 Å². The lowest BCUT2D eigenvalue weighted by Gasteiger charge is -2.08. The predicted octanol–water partition coefficient (Wildman–Crippen LogP) is 6.39. The number of rotatable bonds is 2. The minimum absolute atomic E-state index is 0.198. The summed E-state index contributed by atoms with van der Waals surface area (Å²) in [6, 6.07) is 16.2. The van der Waals surface area contributed by atoms with E-state index < -0.39 is 5.82 Å². The van der Waals surface area contributed by atoms with Crippen LogP contribution >= 0.6 is 11.6 Å². The van der Waals surface area contributed by atoms with Crippen molar-refractivity contribution in [2.75, 3.05) is 0 Å². The predicted molar refractivity (Wildman–Crippen MR) is 130 cm³/mol. The summed E-state index contributed by atoms with van der Waals surface area (Å²) in [5.41, 5.74) is 4.10. The number of halogens is 2. The molecule has 0 radical (unpaired) electrons. The fourth-order valence-corrected chi connectivity index (χ4v) is 4.59. The molecule has 160 valence electrons. The Morgan fingerprint density at radius 1 is 0.970 bits per heavy atom. The van der Waals surface area contributed by atoms with Crippen molar-refractivity contribution in [3.8, 4) is 22.5 Å². The molecule has 3 heterocycles. The molecule has 33 heavy (non-hydrogen) atoms. The Balaban J connectivity index is 1.73. The number of imidazole rings is 1. The second kappa shape index (κ2) is 7.25. The molecule has 5 nitrogen and oxygen atoms in total. The number of fused-ring (bicyclic) bond motifs is 6. The molecular weight excluding hydrogens is 439 g/mol. The highest BCUT2D eigenvalue weighted by Crippen LogP contribution is 2.37. The van der Waals surface area contributed by atoms with E-state index in [1.54, 1.807) is 18.3 Å². The van der Waals surface area contributed by atoms with E-state index in [0.717, 1.165) is 27.6 Å². The minimum Gasteiger partial charge on any atom is -0.337 e. The highest BCUT2D eigenvalue weighted by atomic mass is 35.5. The molecule has 0 aliphatic heterocycles. The van der Waals surface area contributed by atoms with Gasteiger partial charge in [0.05, 0.1) is 27.0 Å². The SMILES string of the molecule is Cc1ccc(-c2ccc3c(c2)c2c(=O)[nH]ccc2c2nc(-c4c(F)cccc4Cl)[nH]c32)cn1. The number of nitrogens with one attached hydrogen (secondary N) is 2. The first-order chi connectivity index (χ1) is 16.0. The van der Waals surface area contributed by atoms with Gasteiger partial charge in [0, 0.05) is 34.4 Å². The van der Waals surface area contributed by atoms with Gasteiger partial charge in [0.2, 0.25) is 0 Å². The van der Waals surface area contributed by atoms with Gasteiger partial charge in [-0.25, -0.2) is 9.37 Å². The number of benzene rings is 3. The summed E-state index contributed by atoms with van der Waals surface area (Å²) in [5.74, 6) is -0.156. The molecule has 7 heteroatoms. The van der Waals surface area contributed by atoms with Gasteiger partial charge in [-0.1, -0.05) is 35.9 Å².